The molecule has 0 aliphatic carbocycles. The Morgan fingerprint density at radius 1 is 1.38 bits per heavy atom. The minimum atomic E-state index is 0.286. The highest BCUT2D eigenvalue weighted by Crippen LogP contribution is 2.03. The molecule has 0 saturated heterocycles. The van der Waals surface area contributed by atoms with E-state index in [0.717, 1.165) is 4.48 Å². The van der Waals surface area contributed by atoms with E-state index in [1.54, 1.807) is 20.3 Å². The average Bonchev–Trinajstić information content (AvgIpc) is 2.13. The van der Waals surface area contributed by atoms with Crippen molar-refractivity contribution in [2.24, 2.45) is 0 Å². The van der Waals surface area contributed by atoms with Crippen LogP contribution < -0.4 is 0 Å². The molecule has 0 saturated carbocycles. The lowest BCUT2D eigenvalue weighted by atomic mass is 10.5. The van der Waals surface area contributed by atoms with Crippen LogP contribution in [0.25, 0.3) is 0 Å². The van der Waals surface area contributed by atoms with Crippen molar-refractivity contribution in [1.29, 1.82) is 0 Å². The monoisotopic (exact) mass is 248 g/mol. The van der Waals surface area contributed by atoms with Crippen LogP contribution in [0.4, 0.5) is 0 Å². The molecule has 3 nitrogen and oxygen atoms in total. The molecule has 74 valence electrons. The second-order valence-corrected chi connectivity index (χ2v) is 3.12. The molecule has 0 radical (unpaired) electrons. The zero-order valence-corrected chi connectivity index (χ0v) is 9.39. The third kappa shape index (κ3) is 9.57. The van der Waals surface area contributed by atoms with Crippen LogP contribution in [0.5, 0.6) is 0 Å². The van der Waals surface area contributed by atoms with Crippen molar-refractivity contribution in [2.75, 3.05) is 34.2 Å². The Bertz CT molecular complexity index is 203. The van der Waals surface area contributed by atoms with Gasteiger partial charge < -0.3 is 14.2 Å². The Hall–Kier alpha value is -0.340. The van der Waals surface area contributed by atoms with Gasteiger partial charge in [-0.05, 0) is 0 Å². The molecule has 0 aromatic rings. The maximum atomic E-state index is 5.07. The highest BCUT2D eigenvalue weighted by Gasteiger charge is 1.89. The Morgan fingerprint density at radius 2 is 2.15 bits per heavy atom. The first-order valence-electron chi connectivity index (χ1n) is 3.69. The predicted octanol–water partition coefficient (Wildman–Crippen LogP) is 1.54. The summed E-state index contributed by atoms with van der Waals surface area (Å²) in [6, 6.07) is 0. The van der Waals surface area contributed by atoms with Gasteiger partial charge in [0.15, 0.2) is 0 Å². The quantitative estimate of drug-likeness (QED) is 0.420. The normalized spacial score (nSPS) is 10.8. The van der Waals surface area contributed by atoms with Gasteiger partial charge in [-0.1, -0.05) is 27.8 Å². The third-order valence-electron chi connectivity index (χ3n) is 0.988. The van der Waals surface area contributed by atoms with Gasteiger partial charge in [0, 0.05) is 24.8 Å². The molecule has 0 fully saturated rings. The van der Waals surface area contributed by atoms with Crippen molar-refractivity contribution in [3.05, 3.63) is 10.6 Å². The van der Waals surface area contributed by atoms with Gasteiger partial charge in [0.2, 0.25) is 0 Å². The standard InChI is InChI=1S/C9H13BrO3/c1-11-6-4-3-5-9(10)7-13-8-12-2/h5H,6-8H2,1-2H3/b9-5-. The summed E-state index contributed by atoms with van der Waals surface area (Å²) in [6.07, 6.45) is 1.73. The summed E-state index contributed by atoms with van der Waals surface area (Å²) in [5.41, 5.74) is 0. The molecule has 4 heteroatoms. The van der Waals surface area contributed by atoms with E-state index in [1.165, 1.54) is 0 Å². The highest BCUT2D eigenvalue weighted by molar-refractivity contribution is 9.11. The van der Waals surface area contributed by atoms with Crippen LogP contribution in [0.15, 0.2) is 10.6 Å². The summed E-state index contributed by atoms with van der Waals surface area (Å²) >= 11 is 3.30. The van der Waals surface area contributed by atoms with E-state index in [2.05, 4.69) is 27.8 Å². The number of hydrogen-bond donors (Lipinski definition) is 0. The van der Waals surface area contributed by atoms with E-state index in [-0.39, 0.29) is 6.79 Å². The Balaban J connectivity index is 3.58. The first-order valence-corrected chi connectivity index (χ1v) is 4.49. The van der Waals surface area contributed by atoms with Gasteiger partial charge in [-0.2, -0.15) is 0 Å². The number of rotatable bonds is 5. The van der Waals surface area contributed by atoms with Gasteiger partial charge in [-0.15, -0.1) is 0 Å². The van der Waals surface area contributed by atoms with Gasteiger partial charge in [0.05, 0.1) is 6.61 Å². The van der Waals surface area contributed by atoms with Gasteiger partial charge >= 0.3 is 0 Å². The van der Waals surface area contributed by atoms with Crippen LogP contribution in [0.1, 0.15) is 0 Å². The van der Waals surface area contributed by atoms with Gasteiger partial charge in [0.25, 0.3) is 0 Å². The maximum Gasteiger partial charge on any atom is 0.146 e. The van der Waals surface area contributed by atoms with Crippen molar-refractivity contribution in [2.45, 2.75) is 0 Å². The molecule has 0 spiro atoms. The Kier molecular flexibility index (Phi) is 9.49. The SMILES string of the molecule is COCC#C/C=C(\Br)COCOC. The number of ether oxygens (including phenoxy) is 3. The molecule has 0 aromatic carbocycles. The van der Waals surface area contributed by atoms with Crippen LogP contribution in [-0.2, 0) is 14.2 Å². The second kappa shape index (κ2) is 9.75. The van der Waals surface area contributed by atoms with E-state index >= 15 is 0 Å². The van der Waals surface area contributed by atoms with Crippen molar-refractivity contribution in [3.8, 4) is 11.8 Å². The molecular formula is C9H13BrO3. The molecule has 0 heterocycles. The van der Waals surface area contributed by atoms with Crippen molar-refractivity contribution >= 4 is 15.9 Å². The molecule has 0 N–H and O–H groups in total. The molecule has 0 unspecified atom stereocenters. The number of halogens is 1. The summed E-state index contributed by atoms with van der Waals surface area (Å²) in [4.78, 5) is 0. The number of allylic oxidation sites excluding steroid dienone is 1. The summed E-state index contributed by atoms with van der Waals surface area (Å²) in [5.74, 6) is 5.60. The van der Waals surface area contributed by atoms with Gasteiger partial charge in [-0.3, -0.25) is 0 Å². The molecule has 0 aromatic heterocycles. The fraction of sp³-hybridized carbons (Fsp3) is 0.556. The van der Waals surface area contributed by atoms with Gasteiger partial charge in [0.1, 0.15) is 13.4 Å². The summed E-state index contributed by atoms with van der Waals surface area (Å²) in [6.45, 7) is 1.19. The predicted molar refractivity (Wildman–Crippen MR) is 54.5 cm³/mol. The summed E-state index contributed by atoms with van der Waals surface area (Å²) in [5, 5.41) is 0. The van der Waals surface area contributed by atoms with E-state index in [0.29, 0.717) is 13.2 Å². The third-order valence-corrected chi connectivity index (χ3v) is 1.45. The molecule has 0 atom stereocenters. The first-order chi connectivity index (χ1) is 6.31. The topological polar surface area (TPSA) is 27.7 Å². The molecule has 0 aliphatic heterocycles. The Labute approximate surface area is 87.2 Å². The molecule has 0 rings (SSSR count). The zero-order valence-electron chi connectivity index (χ0n) is 7.80. The van der Waals surface area contributed by atoms with E-state index in [4.69, 9.17) is 14.2 Å². The minimum absolute atomic E-state index is 0.286. The van der Waals surface area contributed by atoms with Crippen LogP contribution in [0, 0.1) is 11.8 Å². The van der Waals surface area contributed by atoms with Crippen molar-refractivity contribution in [3.63, 3.8) is 0 Å². The Morgan fingerprint density at radius 3 is 2.77 bits per heavy atom. The molecular weight excluding hydrogens is 236 g/mol. The van der Waals surface area contributed by atoms with Gasteiger partial charge in [-0.25, -0.2) is 0 Å². The second-order valence-electron chi connectivity index (χ2n) is 2.10. The lowest BCUT2D eigenvalue weighted by Crippen LogP contribution is -1.97. The summed E-state index contributed by atoms with van der Waals surface area (Å²) in [7, 11) is 3.19. The van der Waals surface area contributed by atoms with E-state index in [1.807, 2.05) is 0 Å². The first kappa shape index (κ1) is 12.7. The minimum Gasteiger partial charge on any atom is -0.372 e. The maximum absolute atomic E-state index is 5.07. The number of hydrogen-bond acceptors (Lipinski definition) is 3. The smallest absolute Gasteiger partial charge is 0.146 e. The fourth-order valence-corrected chi connectivity index (χ4v) is 0.784. The van der Waals surface area contributed by atoms with E-state index in [9.17, 15) is 0 Å². The summed E-state index contributed by atoms with van der Waals surface area (Å²) < 4.78 is 15.4. The van der Waals surface area contributed by atoms with Crippen LogP contribution >= 0.6 is 15.9 Å². The lowest BCUT2D eigenvalue weighted by Gasteiger charge is -1.99. The lowest BCUT2D eigenvalue weighted by molar-refractivity contribution is -0.0192. The van der Waals surface area contributed by atoms with Crippen molar-refractivity contribution < 1.29 is 14.2 Å². The fourth-order valence-electron chi connectivity index (χ4n) is 0.507. The van der Waals surface area contributed by atoms with Crippen molar-refractivity contribution in [1.82, 2.24) is 0 Å². The zero-order chi connectivity index (χ0) is 9.94. The van der Waals surface area contributed by atoms with Crippen LogP contribution in [0.2, 0.25) is 0 Å². The van der Waals surface area contributed by atoms with Crippen LogP contribution in [0.3, 0.4) is 0 Å². The number of methoxy groups -OCH3 is 2. The largest absolute Gasteiger partial charge is 0.372 e. The molecule has 0 aliphatic rings. The highest BCUT2D eigenvalue weighted by atomic mass is 79.9. The van der Waals surface area contributed by atoms with E-state index < -0.39 is 0 Å². The average molecular weight is 249 g/mol. The molecule has 0 amide bonds. The molecule has 13 heavy (non-hydrogen) atoms. The van der Waals surface area contributed by atoms with Crippen LogP contribution in [-0.4, -0.2) is 34.2 Å². The molecule has 0 bridgehead atoms.